The first-order valence-corrected chi connectivity index (χ1v) is 8.37. The van der Waals surface area contributed by atoms with Gasteiger partial charge < -0.3 is 19.1 Å². The predicted molar refractivity (Wildman–Crippen MR) is 84.8 cm³/mol. The molecule has 4 rings (SSSR count). The number of aromatic nitrogens is 1. The zero-order valence-corrected chi connectivity index (χ0v) is 13.3. The van der Waals surface area contributed by atoms with Crippen LogP contribution in [-0.4, -0.2) is 48.9 Å². The summed E-state index contributed by atoms with van der Waals surface area (Å²) in [4.78, 5) is 18.7. The third kappa shape index (κ3) is 3.02. The summed E-state index contributed by atoms with van der Waals surface area (Å²) in [7, 11) is 0. The minimum atomic E-state index is 0.111. The molecule has 0 aliphatic carbocycles. The van der Waals surface area contributed by atoms with E-state index in [0.29, 0.717) is 32.7 Å². The Balaban J connectivity index is 1.47. The van der Waals surface area contributed by atoms with Crippen LogP contribution in [0.2, 0.25) is 0 Å². The number of hydrogen-bond donors (Lipinski definition) is 0. The molecule has 0 saturated carbocycles. The topological polar surface area (TPSA) is 60.9 Å². The summed E-state index contributed by atoms with van der Waals surface area (Å²) in [5, 5.41) is 2.80. The average molecular weight is 332 g/mol. The molecule has 120 valence electrons. The molecule has 2 aliphatic heterocycles. The Labute approximate surface area is 137 Å². The second kappa shape index (κ2) is 6.17. The van der Waals surface area contributed by atoms with Crippen molar-refractivity contribution in [2.24, 2.45) is 0 Å². The van der Waals surface area contributed by atoms with E-state index in [1.165, 1.54) is 11.3 Å². The van der Waals surface area contributed by atoms with Crippen LogP contribution in [0.1, 0.15) is 5.01 Å². The van der Waals surface area contributed by atoms with Crippen LogP contribution in [0.25, 0.3) is 11.3 Å². The summed E-state index contributed by atoms with van der Waals surface area (Å²) in [5.41, 5.74) is 1.83. The normalized spacial score (nSPS) is 16.6. The van der Waals surface area contributed by atoms with Gasteiger partial charge in [0.15, 0.2) is 11.5 Å². The van der Waals surface area contributed by atoms with Gasteiger partial charge in [0.1, 0.15) is 5.01 Å². The van der Waals surface area contributed by atoms with Crippen molar-refractivity contribution >= 4 is 17.2 Å². The highest BCUT2D eigenvalue weighted by Gasteiger charge is 2.19. The van der Waals surface area contributed by atoms with Crippen LogP contribution in [0.3, 0.4) is 0 Å². The minimum Gasteiger partial charge on any atom is -0.454 e. The molecule has 0 spiro atoms. The van der Waals surface area contributed by atoms with E-state index in [1.807, 2.05) is 28.5 Å². The number of carbonyl (C=O) groups is 1. The summed E-state index contributed by atoms with van der Waals surface area (Å²) in [6.07, 6.45) is 0.342. The lowest BCUT2D eigenvalue weighted by molar-refractivity contribution is -0.134. The van der Waals surface area contributed by atoms with Gasteiger partial charge in [-0.1, -0.05) is 0 Å². The molecule has 3 heterocycles. The molecule has 2 aromatic rings. The van der Waals surface area contributed by atoms with Gasteiger partial charge in [-0.25, -0.2) is 4.98 Å². The van der Waals surface area contributed by atoms with Crippen LogP contribution in [0.4, 0.5) is 0 Å². The van der Waals surface area contributed by atoms with E-state index >= 15 is 0 Å². The summed E-state index contributed by atoms with van der Waals surface area (Å²) in [6, 6.07) is 5.76. The second-order valence-corrected chi connectivity index (χ2v) is 6.31. The molecule has 1 saturated heterocycles. The standard InChI is InChI=1S/C16H16N2O4S/c19-16(18-3-5-20-6-4-18)8-15-17-12(9-23-15)11-1-2-13-14(7-11)22-10-21-13/h1-2,7,9H,3-6,8,10H2. The smallest absolute Gasteiger partial charge is 0.231 e. The monoisotopic (exact) mass is 332 g/mol. The van der Waals surface area contributed by atoms with Gasteiger partial charge in [0, 0.05) is 24.0 Å². The lowest BCUT2D eigenvalue weighted by Gasteiger charge is -2.26. The number of fused-ring (bicyclic) bond motifs is 1. The Morgan fingerprint density at radius 3 is 2.91 bits per heavy atom. The van der Waals surface area contributed by atoms with E-state index in [1.54, 1.807) is 0 Å². The van der Waals surface area contributed by atoms with E-state index in [-0.39, 0.29) is 12.7 Å². The summed E-state index contributed by atoms with van der Waals surface area (Å²) in [6.45, 7) is 2.83. The molecule has 0 unspecified atom stereocenters. The number of hydrogen-bond acceptors (Lipinski definition) is 6. The van der Waals surface area contributed by atoms with E-state index in [9.17, 15) is 4.79 Å². The van der Waals surface area contributed by atoms with Crippen molar-refractivity contribution in [1.82, 2.24) is 9.88 Å². The van der Waals surface area contributed by atoms with Gasteiger partial charge in [-0.05, 0) is 18.2 Å². The van der Waals surface area contributed by atoms with Crippen LogP contribution in [0.15, 0.2) is 23.6 Å². The summed E-state index contributed by atoms with van der Waals surface area (Å²) >= 11 is 1.51. The molecule has 1 aromatic carbocycles. The Kier molecular flexibility index (Phi) is 3.88. The van der Waals surface area contributed by atoms with E-state index in [2.05, 4.69) is 4.98 Å². The molecule has 0 atom stereocenters. The third-order valence-corrected chi connectivity index (χ3v) is 4.74. The van der Waals surface area contributed by atoms with Crippen molar-refractivity contribution in [1.29, 1.82) is 0 Å². The highest BCUT2D eigenvalue weighted by atomic mass is 32.1. The van der Waals surface area contributed by atoms with Gasteiger partial charge in [0.05, 0.1) is 25.3 Å². The van der Waals surface area contributed by atoms with Crippen LogP contribution < -0.4 is 9.47 Å². The lowest BCUT2D eigenvalue weighted by Crippen LogP contribution is -2.41. The number of benzene rings is 1. The molecule has 0 N–H and O–H groups in total. The molecular weight excluding hydrogens is 316 g/mol. The predicted octanol–water partition coefficient (Wildman–Crippen LogP) is 1.94. The Bertz CT molecular complexity index is 725. The molecule has 0 bridgehead atoms. The molecule has 1 amide bonds. The maximum atomic E-state index is 12.3. The van der Waals surface area contributed by atoms with Crippen LogP contribution in [-0.2, 0) is 16.0 Å². The van der Waals surface area contributed by atoms with Crippen molar-refractivity contribution in [3.63, 3.8) is 0 Å². The third-order valence-electron chi connectivity index (χ3n) is 3.89. The minimum absolute atomic E-state index is 0.111. The summed E-state index contributed by atoms with van der Waals surface area (Å²) < 4.78 is 16.0. The molecule has 7 heteroatoms. The second-order valence-electron chi connectivity index (χ2n) is 5.36. The lowest BCUT2D eigenvalue weighted by atomic mass is 10.1. The fourth-order valence-electron chi connectivity index (χ4n) is 2.63. The first-order chi connectivity index (χ1) is 11.3. The number of amides is 1. The molecule has 1 aromatic heterocycles. The van der Waals surface area contributed by atoms with Crippen molar-refractivity contribution < 1.29 is 19.0 Å². The molecular formula is C16H16N2O4S. The first-order valence-electron chi connectivity index (χ1n) is 7.49. The Morgan fingerprint density at radius 2 is 2.04 bits per heavy atom. The van der Waals surface area contributed by atoms with Crippen molar-refractivity contribution in [2.45, 2.75) is 6.42 Å². The number of ether oxygens (including phenoxy) is 3. The summed E-state index contributed by atoms with van der Waals surface area (Å²) in [5.74, 6) is 1.60. The van der Waals surface area contributed by atoms with Crippen LogP contribution in [0.5, 0.6) is 11.5 Å². The largest absolute Gasteiger partial charge is 0.454 e. The zero-order valence-electron chi connectivity index (χ0n) is 12.5. The fraction of sp³-hybridized carbons (Fsp3) is 0.375. The maximum Gasteiger partial charge on any atom is 0.231 e. The molecule has 6 nitrogen and oxygen atoms in total. The average Bonchev–Trinajstić information content (AvgIpc) is 3.23. The van der Waals surface area contributed by atoms with Gasteiger partial charge in [-0.2, -0.15) is 0 Å². The quantitative estimate of drug-likeness (QED) is 0.860. The van der Waals surface area contributed by atoms with Crippen LogP contribution in [0, 0.1) is 0 Å². The van der Waals surface area contributed by atoms with Crippen molar-refractivity contribution in [2.75, 3.05) is 33.1 Å². The first kappa shape index (κ1) is 14.5. The van der Waals surface area contributed by atoms with E-state index in [0.717, 1.165) is 27.8 Å². The van der Waals surface area contributed by atoms with Crippen molar-refractivity contribution in [3.8, 4) is 22.8 Å². The molecule has 1 fully saturated rings. The van der Waals surface area contributed by atoms with Crippen LogP contribution >= 0.6 is 11.3 Å². The number of nitrogens with zero attached hydrogens (tertiary/aromatic N) is 2. The van der Waals surface area contributed by atoms with Gasteiger partial charge in [0.2, 0.25) is 12.7 Å². The van der Waals surface area contributed by atoms with Crippen molar-refractivity contribution in [3.05, 3.63) is 28.6 Å². The highest BCUT2D eigenvalue weighted by Crippen LogP contribution is 2.36. The van der Waals surface area contributed by atoms with Gasteiger partial charge in [-0.15, -0.1) is 11.3 Å². The maximum absolute atomic E-state index is 12.3. The van der Waals surface area contributed by atoms with Gasteiger partial charge in [-0.3, -0.25) is 4.79 Å². The SMILES string of the molecule is O=C(Cc1nc(-c2ccc3c(c2)OCO3)cs1)N1CCOCC1. The molecule has 2 aliphatic rings. The number of morpholine rings is 1. The zero-order chi connectivity index (χ0) is 15.6. The number of rotatable bonds is 3. The van der Waals surface area contributed by atoms with Gasteiger partial charge in [0.25, 0.3) is 0 Å². The molecule has 0 radical (unpaired) electrons. The Morgan fingerprint density at radius 1 is 1.22 bits per heavy atom. The molecule has 23 heavy (non-hydrogen) atoms. The number of carbonyl (C=O) groups excluding carboxylic acids is 1. The Hall–Kier alpha value is -2.12. The van der Waals surface area contributed by atoms with E-state index in [4.69, 9.17) is 14.2 Å². The van der Waals surface area contributed by atoms with Gasteiger partial charge >= 0.3 is 0 Å². The highest BCUT2D eigenvalue weighted by molar-refractivity contribution is 7.10. The number of thiazole rings is 1. The van der Waals surface area contributed by atoms with E-state index < -0.39 is 0 Å². The fourth-order valence-corrected chi connectivity index (χ4v) is 3.43.